The third-order valence-electron chi connectivity index (χ3n) is 7.42. The van der Waals surface area contributed by atoms with Crippen molar-refractivity contribution in [2.45, 2.75) is 33.4 Å². The van der Waals surface area contributed by atoms with Gasteiger partial charge in [-0.1, -0.05) is 32.0 Å². The van der Waals surface area contributed by atoms with Crippen molar-refractivity contribution < 1.29 is 13.2 Å². The van der Waals surface area contributed by atoms with Crippen LogP contribution in [-0.2, 0) is 13.2 Å². The first-order chi connectivity index (χ1) is 19.2. The second-order valence-corrected chi connectivity index (χ2v) is 10.00. The van der Waals surface area contributed by atoms with Gasteiger partial charge in [0.25, 0.3) is 0 Å². The molecule has 0 saturated carbocycles. The Morgan fingerprint density at radius 1 is 0.900 bits per heavy atom. The van der Waals surface area contributed by atoms with Crippen molar-refractivity contribution in [3.63, 3.8) is 0 Å². The van der Waals surface area contributed by atoms with E-state index < -0.39 is 11.7 Å². The Hall–Kier alpha value is -3.98. The highest BCUT2D eigenvalue weighted by atomic mass is 19.4. The Balaban J connectivity index is 1.40. The summed E-state index contributed by atoms with van der Waals surface area (Å²) in [5.74, 6) is 1.23. The van der Waals surface area contributed by atoms with Crippen molar-refractivity contribution in [2.75, 3.05) is 31.5 Å². The molecule has 0 unspecified atom stereocenters. The summed E-state index contributed by atoms with van der Waals surface area (Å²) in [4.78, 5) is 16.2. The summed E-state index contributed by atoms with van der Waals surface area (Å²) in [6.45, 7) is 10.3. The van der Waals surface area contributed by atoms with Crippen LogP contribution in [0.5, 0.6) is 0 Å². The summed E-state index contributed by atoms with van der Waals surface area (Å²) in [5, 5.41) is 4.26. The number of fused-ring (bicyclic) bond motifs is 2. The average Bonchev–Trinajstić information content (AvgIpc) is 3.28. The first-order valence-corrected chi connectivity index (χ1v) is 13.6. The third-order valence-corrected chi connectivity index (χ3v) is 7.42. The number of nitrogens with one attached hydrogen (secondary N) is 1. The van der Waals surface area contributed by atoms with E-state index in [0.29, 0.717) is 22.8 Å². The molecule has 0 bridgehead atoms. The van der Waals surface area contributed by atoms with Gasteiger partial charge < -0.3 is 14.8 Å². The van der Waals surface area contributed by atoms with E-state index in [1.807, 2.05) is 43.5 Å². The summed E-state index contributed by atoms with van der Waals surface area (Å²) in [7, 11) is 1.74. The number of hydrogen-bond acceptors (Lipinski definition) is 5. The van der Waals surface area contributed by atoms with Gasteiger partial charge in [0, 0.05) is 30.7 Å². The molecule has 40 heavy (non-hydrogen) atoms. The van der Waals surface area contributed by atoms with E-state index in [0.717, 1.165) is 77.9 Å². The van der Waals surface area contributed by atoms with Crippen LogP contribution in [0.25, 0.3) is 44.5 Å². The van der Waals surface area contributed by atoms with Gasteiger partial charge in [0.05, 0.1) is 22.1 Å². The molecule has 9 heteroatoms. The molecule has 0 atom stereocenters. The molecule has 6 nitrogen and oxygen atoms in total. The quantitative estimate of drug-likeness (QED) is 0.196. The molecule has 5 rings (SSSR count). The second kappa shape index (κ2) is 11.3. The number of halogens is 3. The first kappa shape index (κ1) is 27.6. The zero-order chi connectivity index (χ0) is 28.4. The maximum atomic E-state index is 13.3. The van der Waals surface area contributed by atoms with Crippen LogP contribution in [0.4, 0.5) is 19.1 Å². The highest BCUT2D eigenvalue weighted by molar-refractivity contribution is 5.87. The van der Waals surface area contributed by atoms with Crippen LogP contribution < -0.4 is 5.32 Å². The van der Waals surface area contributed by atoms with Gasteiger partial charge in [-0.2, -0.15) is 13.2 Å². The molecule has 0 aliphatic rings. The van der Waals surface area contributed by atoms with Crippen LogP contribution in [0.1, 0.15) is 31.4 Å². The van der Waals surface area contributed by atoms with Crippen LogP contribution in [0.3, 0.4) is 0 Å². The predicted octanol–water partition coefficient (Wildman–Crippen LogP) is 7.32. The SMILES string of the molecule is CCN(CC)CCCNc1ncc2cc(-c3cc(-c4nc5ccc(C(F)(F)F)cc5n4C)ccc3C)ccc2n1. The van der Waals surface area contributed by atoms with Crippen molar-refractivity contribution in [2.24, 2.45) is 7.05 Å². The topological polar surface area (TPSA) is 58.9 Å². The van der Waals surface area contributed by atoms with E-state index in [4.69, 9.17) is 0 Å². The minimum absolute atomic E-state index is 0.437. The number of rotatable bonds is 9. The number of imidazole rings is 1. The van der Waals surface area contributed by atoms with Crippen molar-refractivity contribution in [1.29, 1.82) is 0 Å². The van der Waals surface area contributed by atoms with Crippen LogP contribution >= 0.6 is 0 Å². The number of alkyl halides is 3. The van der Waals surface area contributed by atoms with Gasteiger partial charge in [-0.25, -0.2) is 15.0 Å². The fraction of sp³-hybridized carbons (Fsp3) is 0.323. The molecule has 0 radical (unpaired) electrons. The summed E-state index contributed by atoms with van der Waals surface area (Å²) in [5.41, 5.74) is 5.06. The zero-order valence-electron chi connectivity index (χ0n) is 23.2. The largest absolute Gasteiger partial charge is 0.416 e. The third kappa shape index (κ3) is 5.65. The monoisotopic (exact) mass is 546 g/mol. The lowest BCUT2D eigenvalue weighted by Gasteiger charge is -2.17. The molecule has 1 N–H and O–H groups in total. The fourth-order valence-electron chi connectivity index (χ4n) is 5.03. The average molecular weight is 547 g/mol. The van der Waals surface area contributed by atoms with E-state index in [1.165, 1.54) is 6.07 Å². The summed E-state index contributed by atoms with van der Waals surface area (Å²) in [6.07, 6.45) is -1.55. The number of aryl methyl sites for hydroxylation is 2. The Morgan fingerprint density at radius 3 is 2.40 bits per heavy atom. The second-order valence-electron chi connectivity index (χ2n) is 10.00. The van der Waals surface area contributed by atoms with E-state index in [1.54, 1.807) is 11.6 Å². The predicted molar refractivity (Wildman–Crippen MR) is 155 cm³/mol. The first-order valence-electron chi connectivity index (χ1n) is 13.6. The molecule has 0 aliphatic heterocycles. The fourth-order valence-corrected chi connectivity index (χ4v) is 5.03. The molecule has 208 valence electrons. The maximum Gasteiger partial charge on any atom is 0.416 e. The molecule has 5 aromatic rings. The Bertz CT molecular complexity index is 1650. The molecule has 3 aromatic carbocycles. The number of hydrogen-bond donors (Lipinski definition) is 1. The van der Waals surface area contributed by atoms with Gasteiger partial charge in [-0.15, -0.1) is 0 Å². The summed E-state index contributed by atoms with van der Waals surface area (Å²) >= 11 is 0. The smallest absolute Gasteiger partial charge is 0.354 e. The number of benzene rings is 3. The highest BCUT2D eigenvalue weighted by Crippen LogP contribution is 2.34. The molecular formula is C31H33F3N6. The molecule has 2 heterocycles. The van der Waals surface area contributed by atoms with Gasteiger partial charge >= 0.3 is 6.18 Å². The van der Waals surface area contributed by atoms with Crippen LogP contribution in [-0.4, -0.2) is 50.6 Å². The van der Waals surface area contributed by atoms with E-state index in [-0.39, 0.29) is 0 Å². The van der Waals surface area contributed by atoms with Crippen LogP contribution in [0, 0.1) is 6.92 Å². The molecular weight excluding hydrogens is 513 g/mol. The summed E-state index contributed by atoms with van der Waals surface area (Å²) in [6, 6.07) is 15.7. The minimum atomic E-state index is -4.41. The van der Waals surface area contributed by atoms with E-state index in [2.05, 4.69) is 45.1 Å². The van der Waals surface area contributed by atoms with Crippen molar-refractivity contribution in [1.82, 2.24) is 24.4 Å². The lowest BCUT2D eigenvalue weighted by molar-refractivity contribution is -0.137. The lowest BCUT2D eigenvalue weighted by Crippen LogP contribution is -2.25. The van der Waals surface area contributed by atoms with Crippen LogP contribution in [0.15, 0.2) is 60.8 Å². The minimum Gasteiger partial charge on any atom is -0.354 e. The van der Waals surface area contributed by atoms with E-state index >= 15 is 0 Å². The molecule has 0 spiro atoms. The maximum absolute atomic E-state index is 13.3. The highest BCUT2D eigenvalue weighted by Gasteiger charge is 2.31. The Kier molecular flexibility index (Phi) is 7.76. The lowest BCUT2D eigenvalue weighted by atomic mass is 9.97. The van der Waals surface area contributed by atoms with Gasteiger partial charge in [0.15, 0.2) is 0 Å². The molecule has 2 aromatic heterocycles. The Morgan fingerprint density at radius 2 is 1.65 bits per heavy atom. The number of aromatic nitrogens is 4. The van der Waals surface area contributed by atoms with Crippen molar-refractivity contribution in [3.05, 3.63) is 71.9 Å². The van der Waals surface area contributed by atoms with E-state index in [9.17, 15) is 13.2 Å². The van der Waals surface area contributed by atoms with Gasteiger partial charge in [0.1, 0.15) is 5.82 Å². The van der Waals surface area contributed by atoms with Gasteiger partial charge in [0.2, 0.25) is 5.95 Å². The zero-order valence-corrected chi connectivity index (χ0v) is 23.2. The molecule has 0 aliphatic carbocycles. The van der Waals surface area contributed by atoms with Gasteiger partial charge in [-0.05, 0) is 86.1 Å². The molecule has 0 saturated heterocycles. The number of anilines is 1. The normalized spacial score (nSPS) is 12.1. The molecule has 0 amide bonds. The van der Waals surface area contributed by atoms with Crippen molar-refractivity contribution >= 4 is 27.9 Å². The Labute approximate surface area is 231 Å². The van der Waals surface area contributed by atoms with Crippen LogP contribution in [0.2, 0.25) is 0 Å². The van der Waals surface area contributed by atoms with Gasteiger partial charge in [-0.3, -0.25) is 0 Å². The molecule has 0 fully saturated rings. The standard InChI is InChI=1S/C31H33F3N6/c1-5-40(6-2)15-7-14-35-30-36-19-23-16-21(10-12-26(23)38-30)25-17-22(9-8-20(25)3)29-37-27-13-11-24(31(32,33)34)18-28(27)39(29)4/h8-13,16-19H,5-7,14-15H2,1-4H3,(H,35,36,38). The number of nitrogens with zero attached hydrogens (tertiary/aromatic N) is 5. The van der Waals surface area contributed by atoms with Crippen molar-refractivity contribution in [3.8, 4) is 22.5 Å². The summed E-state index contributed by atoms with van der Waals surface area (Å²) < 4.78 is 41.5.